The van der Waals surface area contributed by atoms with Crippen molar-refractivity contribution in [2.75, 3.05) is 11.9 Å². The van der Waals surface area contributed by atoms with Crippen LogP contribution in [-0.4, -0.2) is 18.1 Å². The number of aromatic nitrogens is 1. The third-order valence-electron chi connectivity index (χ3n) is 3.43. The molecule has 0 aromatic carbocycles. The van der Waals surface area contributed by atoms with Crippen LogP contribution in [0.2, 0.25) is 5.15 Å². The van der Waals surface area contributed by atoms with Crippen molar-refractivity contribution in [2.45, 2.75) is 44.6 Å². The molecular formula is C13H19ClN2. The van der Waals surface area contributed by atoms with Gasteiger partial charge in [0.2, 0.25) is 0 Å². The van der Waals surface area contributed by atoms with Gasteiger partial charge in [0.05, 0.1) is 0 Å². The lowest BCUT2D eigenvalue weighted by Gasteiger charge is -2.28. The minimum Gasteiger partial charge on any atom is -0.357 e. The molecule has 0 spiro atoms. The fourth-order valence-electron chi connectivity index (χ4n) is 2.43. The van der Waals surface area contributed by atoms with Crippen LogP contribution in [0, 0.1) is 0 Å². The van der Waals surface area contributed by atoms with E-state index >= 15 is 0 Å². The van der Waals surface area contributed by atoms with Gasteiger partial charge in [-0.2, -0.15) is 0 Å². The lowest BCUT2D eigenvalue weighted by molar-refractivity contribution is 0.549. The molecule has 0 radical (unpaired) electrons. The van der Waals surface area contributed by atoms with E-state index < -0.39 is 0 Å². The Morgan fingerprint density at radius 3 is 2.50 bits per heavy atom. The smallest absolute Gasteiger partial charge is 0.131 e. The molecule has 0 N–H and O–H groups in total. The van der Waals surface area contributed by atoms with Crippen LogP contribution in [0.4, 0.5) is 5.82 Å². The molecule has 0 amide bonds. The quantitative estimate of drug-likeness (QED) is 0.574. The Morgan fingerprint density at radius 1 is 1.19 bits per heavy atom. The molecule has 0 aliphatic heterocycles. The van der Waals surface area contributed by atoms with Gasteiger partial charge < -0.3 is 4.90 Å². The fraction of sp³-hybridized carbons (Fsp3) is 0.615. The lowest BCUT2D eigenvalue weighted by atomic mass is 10.1. The molecule has 88 valence electrons. The molecule has 1 aromatic rings. The highest BCUT2D eigenvalue weighted by Gasteiger charge is 2.17. The number of rotatable bonds is 2. The first-order chi connectivity index (χ1) is 7.77. The number of nitrogens with zero attached hydrogens (tertiary/aromatic N) is 2. The first-order valence-corrected chi connectivity index (χ1v) is 6.50. The second-order valence-electron chi connectivity index (χ2n) is 4.57. The molecule has 1 heterocycles. The van der Waals surface area contributed by atoms with Crippen molar-refractivity contribution in [1.29, 1.82) is 0 Å². The second-order valence-corrected chi connectivity index (χ2v) is 4.96. The largest absolute Gasteiger partial charge is 0.357 e. The number of pyridine rings is 1. The Kier molecular flexibility index (Phi) is 4.05. The molecule has 1 saturated carbocycles. The zero-order valence-electron chi connectivity index (χ0n) is 9.82. The van der Waals surface area contributed by atoms with Gasteiger partial charge >= 0.3 is 0 Å². The van der Waals surface area contributed by atoms with Crippen LogP contribution in [-0.2, 0) is 0 Å². The van der Waals surface area contributed by atoms with Crippen molar-refractivity contribution in [3.8, 4) is 0 Å². The molecule has 0 unspecified atom stereocenters. The fourth-order valence-corrected chi connectivity index (χ4v) is 2.59. The van der Waals surface area contributed by atoms with E-state index in [0.717, 1.165) is 5.82 Å². The molecule has 3 heteroatoms. The summed E-state index contributed by atoms with van der Waals surface area (Å²) in [4.78, 5) is 6.66. The van der Waals surface area contributed by atoms with Gasteiger partial charge in [-0.3, -0.25) is 0 Å². The van der Waals surface area contributed by atoms with E-state index in [4.69, 9.17) is 11.6 Å². The van der Waals surface area contributed by atoms with E-state index in [2.05, 4.69) is 16.9 Å². The average Bonchev–Trinajstić information content (AvgIpc) is 2.56. The van der Waals surface area contributed by atoms with Crippen LogP contribution in [0.25, 0.3) is 0 Å². The second kappa shape index (κ2) is 5.53. The molecule has 2 nitrogen and oxygen atoms in total. The van der Waals surface area contributed by atoms with Crippen molar-refractivity contribution in [1.82, 2.24) is 4.98 Å². The van der Waals surface area contributed by atoms with Crippen molar-refractivity contribution in [3.05, 3.63) is 23.4 Å². The predicted molar refractivity (Wildman–Crippen MR) is 69.1 cm³/mol. The van der Waals surface area contributed by atoms with Gasteiger partial charge in [-0.05, 0) is 25.0 Å². The number of hydrogen-bond acceptors (Lipinski definition) is 2. The van der Waals surface area contributed by atoms with Crippen LogP contribution < -0.4 is 4.90 Å². The minimum atomic E-state index is 0.581. The van der Waals surface area contributed by atoms with Crippen molar-refractivity contribution < 1.29 is 0 Å². The van der Waals surface area contributed by atoms with Crippen molar-refractivity contribution >= 4 is 17.4 Å². The molecule has 0 bridgehead atoms. The maximum absolute atomic E-state index is 5.92. The lowest BCUT2D eigenvalue weighted by Crippen LogP contribution is -2.31. The molecule has 1 aliphatic carbocycles. The number of hydrogen-bond donors (Lipinski definition) is 0. The van der Waals surface area contributed by atoms with E-state index in [1.165, 1.54) is 38.5 Å². The third kappa shape index (κ3) is 2.88. The molecule has 16 heavy (non-hydrogen) atoms. The first kappa shape index (κ1) is 11.7. The third-order valence-corrected chi connectivity index (χ3v) is 3.64. The zero-order valence-corrected chi connectivity index (χ0v) is 10.6. The minimum absolute atomic E-state index is 0.581. The van der Waals surface area contributed by atoms with Crippen LogP contribution in [0.3, 0.4) is 0 Å². The van der Waals surface area contributed by atoms with E-state index in [-0.39, 0.29) is 0 Å². The highest BCUT2D eigenvalue weighted by Crippen LogP contribution is 2.24. The summed E-state index contributed by atoms with van der Waals surface area (Å²) in [5.74, 6) is 0.999. The van der Waals surface area contributed by atoms with Crippen molar-refractivity contribution in [2.24, 2.45) is 0 Å². The zero-order chi connectivity index (χ0) is 11.4. The van der Waals surface area contributed by atoms with Gasteiger partial charge in [0, 0.05) is 13.1 Å². The molecule has 0 saturated heterocycles. The highest BCUT2D eigenvalue weighted by molar-refractivity contribution is 6.29. The van der Waals surface area contributed by atoms with Crippen LogP contribution >= 0.6 is 11.6 Å². The number of halogens is 1. The van der Waals surface area contributed by atoms with Gasteiger partial charge in [-0.25, -0.2) is 4.98 Å². The van der Waals surface area contributed by atoms with E-state index in [9.17, 15) is 0 Å². The summed E-state index contributed by atoms with van der Waals surface area (Å²) in [6.07, 6.45) is 8.02. The Hall–Kier alpha value is -0.760. The Balaban J connectivity index is 2.07. The summed E-state index contributed by atoms with van der Waals surface area (Å²) in [7, 11) is 2.13. The molecule has 2 rings (SSSR count). The van der Waals surface area contributed by atoms with E-state index in [1.807, 2.05) is 18.2 Å². The standard InChI is InChI=1S/C13H19ClN2/c1-16(11-7-4-2-3-5-8-11)13-10-6-9-12(14)15-13/h6,9-11H,2-5,7-8H2,1H3. The van der Waals surface area contributed by atoms with Gasteiger partial charge in [0.1, 0.15) is 11.0 Å². The van der Waals surface area contributed by atoms with Gasteiger partial charge in [0.15, 0.2) is 0 Å². The SMILES string of the molecule is CN(c1cccc(Cl)n1)C1CCCCCC1. The topological polar surface area (TPSA) is 16.1 Å². The van der Waals surface area contributed by atoms with Crippen molar-refractivity contribution in [3.63, 3.8) is 0 Å². The predicted octanol–water partition coefficient (Wildman–Crippen LogP) is 3.89. The molecule has 1 aromatic heterocycles. The normalized spacial score (nSPS) is 18.1. The molecule has 0 atom stereocenters. The molecule has 1 fully saturated rings. The van der Waals surface area contributed by atoms with E-state index in [0.29, 0.717) is 11.2 Å². The summed E-state index contributed by atoms with van der Waals surface area (Å²) in [5.41, 5.74) is 0. The Labute approximate surface area is 103 Å². The Morgan fingerprint density at radius 2 is 1.88 bits per heavy atom. The summed E-state index contributed by atoms with van der Waals surface area (Å²) >= 11 is 5.92. The monoisotopic (exact) mass is 238 g/mol. The van der Waals surface area contributed by atoms with Crippen LogP contribution in [0.1, 0.15) is 38.5 Å². The average molecular weight is 239 g/mol. The maximum atomic E-state index is 5.92. The summed E-state index contributed by atoms with van der Waals surface area (Å²) in [6, 6.07) is 6.47. The number of anilines is 1. The first-order valence-electron chi connectivity index (χ1n) is 6.13. The maximum Gasteiger partial charge on any atom is 0.131 e. The Bertz CT molecular complexity index is 332. The summed E-state index contributed by atoms with van der Waals surface area (Å²) < 4.78 is 0. The summed E-state index contributed by atoms with van der Waals surface area (Å²) in [5, 5.41) is 0.581. The summed E-state index contributed by atoms with van der Waals surface area (Å²) in [6.45, 7) is 0. The molecular weight excluding hydrogens is 220 g/mol. The van der Waals surface area contributed by atoms with Crippen LogP contribution in [0.15, 0.2) is 18.2 Å². The van der Waals surface area contributed by atoms with E-state index in [1.54, 1.807) is 0 Å². The van der Waals surface area contributed by atoms with Gasteiger partial charge in [-0.1, -0.05) is 43.4 Å². The molecule has 1 aliphatic rings. The van der Waals surface area contributed by atoms with Crippen LogP contribution in [0.5, 0.6) is 0 Å². The van der Waals surface area contributed by atoms with Gasteiger partial charge in [0.25, 0.3) is 0 Å². The highest BCUT2D eigenvalue weighted by atomic mass is 35.5. The van der Waals surface area contributed by atoms with Gasteiger partial charge in [-0.15, -0.1) is 0 Å².